The average Bonchev–Trinajstić information content (AvgIpc) is 2.58. The highest BCUT2D eigenvalue weighted by Crippen LogP contribution is 2.18. The molecule has 4 heteroatoms. The first-order valence-electron chi connectivity index (χ1n) is 3.72. The Labute approximate surface area is 75.8 Å². The molecule has 0 spiro atoms. The zero-order valence-electron chi connectivity index (χ0n) is 7.13. The second-order valence-electron chi connectivity index (χ2n) is 2.35. The van der Waals surface area contributed by atoms with Crippen LogP contribution < -0.4 is 10.6 Å². The summed E-state index contributed by atoms with van der Waals surface area (Å²) in [5.74, 6) is -0.0000463. The Morgan fingerprint density at radius 3 is 2.75 bits per heavy atom. The molecule has 0 aliphatic carbocycles. The Balaban J connectivity index is 2.76. The van der Waals surface area contributed by atoms with E-state index in [1.807, 2.05) is 17.5 Å². The van der Waals surface area contributed by atoms with Gasteiger partial charge in [-0.15, -0.1) is 11.3 Å². The zero-order valence-corrected chi connectivity index (χ0v) is 7.94. The molecule has 0 aliphatic rings. The molecular weight excluding hydrogens is 172 g/mol. The molecule has 66 valence electrons. The third kappa shape index (κ3) is 1.84. The number of thiophene rings is 1. The summed E-state index contributed by atoms with van der Waals surface area (Å²) in [4.78, 5) is 12.3. The third-order valence-corrected chi connectivity index (χ3v) is 2.56. The molecule has 0 saturated carbocycles. The number of carbonyl (C=O) groups is 1. The predicted octanol–water partition coefficient (Wildman–Crippen LogP) is 0.755. The van der Waals surface area contributed by atoms with Gasteiger partial charge in [0.05, 0.1) is 0 Å². The summed E-state index contributed by atoms with van der Waals surface area (Å²) < 4.78 is 0. The van der Waals surface area contributed by atoms with E-state index in [1.165, 1.54) is 0 Å². The molecule has 12 heavy (non-hydrogen) atoms. The molecule has 1 amide bonds. The van der Waals surface area contributed by atoms with Gasteiger partial charge in [0.25, 0.3) is 0 Å². The maximum absolute atomic E-state index is 11.3. The van der Waals surface area contributed by atoms with Crippen molar-refractivity contribution >= 4 is 17.2 Å². The molecule has 0 fully saturated rings. The summed E-state index contributed by atoms with van der Waals surface area (Å²) in [5, 5.41) is 7.52. The van der Waals surface area contributed by atoms with Crippen LogP contribution in [0.4, 0.5) is 0 Å². The van der Waals surface area contributed by atoms with E-state index >= 15 is 0 Å². The Morgan fingerprint density at radius 1 is 1.58 bits per heavy atom. The van der Waals surface area contributed by atoms with Crippen LogP contribution in [0.3, 0.4) is 0 Å². The Hall–Kier alpha value is -0.870. The second kappa shape index (κ2) is 4.23. The molecule has 1 heterocycles. The van der Waals surface area contributed by atoms with Crippen LogP contribution in [0.25, 0.3) is 0 Å². The Kier molecular flexibility index (Phi) is 3.25. The lowest BCUT2D eigenvalue weighted by atomic mass is 10.2. The molecule has 0 radical (unpaired) electrons. The first kappa shape index (κ1) is 9.22. The van der Waals surface area contributed by atoms with Gasteiger partial charge in [-0.3, -0.25) is 4.79 Å². The van der Waals surface area contributed by atoms with Gasteiger partial charge in [-0.25, -0.2) is 0 Å². The van der Waals surface area contributed by atoms with Gasteiger partial charge in [0.2, 0.25) is 5.91 Å². The molecule has 1 rings (SSSR count). The number of rotatable bonds is 3. The molecule has 1 aromatic rings. The van der Waals surface area contributed by atoms with Crippen molar-refractivity contribution in [2.24, 2.45) is 0 Å². The minimum absolute atomic E-state index is 0.0000463. The first-order chi connectivity index (χ1) is 5.79. The number of likely N-dealkylation sites (N-methyl/N-ethyl adjacent to an activating group) is 2. The van der Waals surface area contributed by atoms with Gasteiger partial charge in [-0.05, 0) is 18.5 Å². The fraction of sp³-hybridized carbons (Fsp3) is 0.375. The van der Waals surface area contributed by atoms with E-state index in [9.17, 15) is 4.79 Å². The van der Waals surface area contributed by atoms with E-state index in [4.69, 9.17) is 0 Å². The zero-order chi connectivity index (χ0) is 8.97. The molecule has 0 aliphatic heterocycles. The largest absolute Gasteiger partial charge is 0.357 e. The van der Waals surface area contributed by atoms with Crippen LogP contribution in [0, 0.1) is 0 Å². The highest BCUT2D eigenvalue weighted by atomic mass is 32.1. The molecule has 1 atom stereocenters. The molecule has 0 bridgehead atoms. The van der Waals surface area contributed by atoms with E-state index in [1.54, 1.807) is 25.4 Å². The fourth-order valence-electron chi connectivity index (χ4n) is 1.00. The van der Waals surface area contributed by atoms with Crippen LogP contribution in [-0.4, -0.2) is 20.0 Å². The molecule has 1 unspecified atom stereocenters. The highest BCUT2D eigenvalue weighted by Gasteiger charge is 2.17. The van der Waals surface area contributed by atoms with Crippen LogP contribution in [0.5, 0.6) is 0 Å². The van der Waals surface area contributed by atoms with E-state index in [0.717, 1.165) is 4.88 Å². The molecular formula is C8H12N2OS. The first-order valence-corrected chi connectivity index (χ1v) is 4.59. The number of hydrogen-bond donors (Lipinski definition) is 2. The molecule has 1 aromatic heterocycles. The van der Waals surface area contributed by atoms with Crippen molar-refractivity contribution in [1.29, 1.82) is 0 Å². The number of amides is 1. The standard InChI is InChI=1S/C8H12N2OS/c1-9-7(8(11)10-2)6-4-3-5-12-6/h3-5,7,9H,1-2H3,(H,10,11). The molecule has 3 nitrogen and oxygen atoms in total. The van der Waals surface area contributed by atoms with E-state index in [0.29, 0.717) is 0 Å². The third-order valence-electron chi connectivity index (χ3n) is 1.62. The van der Waals surface area contributed by atoms with Crippen LogP contribution in [-0.2, 0) is 4.79 Å². The molecule has 2 N–H and O–H groups in total. The minimum atomic E-state index is -0.213. The lowest BCUT2D eigenvalue weighted by molar-refractivity contribution is -0.122. The van der Waals surface area contributed by atoms with Crippen LogP contribution in [0.2, 0.25) is 0 Å². The highest BCUT2D eigenvalue weighted by molar-refractivity contribution is 7.10. The summed E-state index contributed by atoms with van der Waals surface area (Å²) in [6.45, 7) is 0. The average molecular weight is 184 g/mol. The maximum atomic E-state index is 11.3. The van der Waals surface area contributed by atoms with Gasteiger partial charge < -0.3 is 10.6 Å². The Bertz CT molecular complexity index is 246. The van der Waals surface area contributed by atoms with Gasteiger partial charge in [0, 0.05) is 11.9 Å². The fourth-order valence-corrected chi connectivity index (χ4v) is 1.83. The predicted molar refractivity (Wildman–Crippen MR) is 50.2 cm³/mol. The quantitative estimate of drug-likeness (QED) is 0.728. The molecule has 0 aromatic carbocycles. The van der Waals surface area contributed by atoms with E-state index in [2.05, 4.69) is 10.6 Å². The van der Waals surface area contributed by atoms with Crippen LogP contribution >= 0.6 is 11.3 Å². The van der Waals surface area contributed by atoms with E-state index < -0.39 is 0 Å². The second-order valence-corrected chi connectivity index (χ2v) is 3.33. The van der Waals surface area contributed by atoms with Gasteiger partial charge in [-0.1, -0.05) is 6.07 Å². The topological polar surface area (TPSA) is 41.1 Å². The summed E-state index contributed by atoms with van der Waals surface area (Å²) in [6, 6.07) is 3.67. The minimum Gasteiger partial charge on any atom is -0.357 e. The van der Waals surface area contributed by atoms with Crippen molar-refractivity contribution in [3.05, 3.63) is 22.4 Å². The number of nitrogens with one attached hydrogen (secondary N) is 2. The van der Waals surface area contributed by atoms with E-state index in [-0.39, 0.29) is 11.9 Å². The summed E-state index contributed by atoms with van der Waals surface area (Å²) in [7, 11) is 3.42. The Morgan fingerprint density at radius 2 is 2.33 bits per heavy atom. The lowest BCUT2D eigenvalue weighted by Gasteiger charge is -2.11. The lowest BCUT2D eigenvalue weighted by Crippen LogP contribution is -2.33. The summed E-state index contributed by atoms with van der Waals surface area (Å²) in [6.07, 6.45) is 0. The van der Waals surface area contributed by atoms with Crippen molar-refractivity contribution < 1.29 is 4.79 Å². The number of carbonyl (C=O) groups excluding carboxylic acids is 1. The van der Waals surface area contributed by atoms with Crippen molar-refractivity contribution in [3.63, 3.8) is 0 Å². The monoisotopic (exact) mass is 184 g/mol. The maximum Gasteiger partial charge on any atom is 0.242 e. The van der Waals surface area contributed by atoms with Gasteiger partial charge >= 0.3 is 0 Å². The van der Waals surface area contributed by atoms with Crippen molar-refractivity contribution in [3.8, 4) is 0 Å². The normalized spacial score (nSPS) is 12.5. The molecule has 0 saturated heterocycles. The van der Waals surface area contributed by atoms with Crippen molar-refractivity contribution in [2.45, 2.75) is 6.04 Å². The number of hydrogen-bond acceptors (Lipinski definition) is 3. The van der Waals surface area contributed by atoms with Crippen molar-refractivity contribution in [1.82, 2.24) is 10.6 Å². The van der Waals surface area contributed by atoms with Gasteiger partial charge in [-0.2, -0.15) is 0 Å². The van der Waals surface area contributed by atoms with Gasteiger partial charge in [0.15, 0.2) is 0 Å². The van der Waals surface area contributed by atoms with Gasteiger partial charge in [0.1, 0.15) is 6.04 Å². The SMILES string of the molecule is CNC(=O)C(NC)c1cccs1. The van der Waals surface area contributed by atoms with Crippen molar-refractivity contribution in [2.75, 3.05) is 14.1 Å². The smallest absolute Gasteiger partial charge is 0.242 e. The van der Waals surface area contributed by atoms with Crippen LogP contribution in [0.15, 0.2) is 17.5 Å². The summed E-state index contributed by atoms with van der Waals surface area (Å²) >= 11 is 1.58. The summed E-state index contributed by atoms with van der Waals surface area (Å²) in [5.41, 5.74) is 0. The van der Waals surface area contributed by atoms with Crippen LogP contribution in [0.1, 0.15) is 10.9 Å².